The quantitative estimate of drug-likeness (QED) is 0.427. The van der Waals surface area contributed by atoms with Crippen LogP contribution in [0.5, 0.6) is 11.5 Å². The van der Waals surface area contributed by atoms with Crippen LogP contribution < -0.4 is 0 Å². The molecule has 0 saturated carbocycles. The first-order valence-electron chi connectivity index (χ1n) is 8.74. The second-order valence-corrected chi connectivity index (χ2v) is 6.46. The van der Waals surface area contributed by atoms with E-state index in [1.165, 1.54) is 12.2 Å². The van der Waals surface area contributed by atoms with Crippen LogP contribution in [0.15, 0.2) is 84.9 Å². The maximum atomic E-state index is 11.2. The van der Waals surface area contributed by atoms with Crippen LogP contribution in [-0.4, -0.2) is 21.8 Å². The molecule has 0 unspecified atom stereocenters. The second-order valence-electron chi connectivity index (χ2n) is 6.46. The summed E-state index contributed by atoms with van der Waals surface area (Å²) in [5.74, 6) is 0.292. The van der Waals surface area contributed by atoms with E-state index in [9.17, 15) is 19.8 Å². The molecular formula is C24H16O4. The van der Waals surface area contributed by atoms with E-state index in [-0.39, 0.29) is 23.1 Å². The van der Waals surface area contributed by atoms with Gasteiger partial charge in [-0.05, 0) is 47.2 Å². The van der Waals surface area contributed by atoms with Gasteiger partial charge in [-0.25, -0.2) is 0 Å². The molecule has 136 valence electrons. The summed E-state index contributed by atoms with van der Waals surface area (Å²) in [5.41, 5.74) is 1.01. The molecule has 0 amide bonds. The van der Waals surface area contributed by atoms with Crippen molar-refractivity contribution < 1.29 is 19.8 Å². The Morgan fingerprint density at radius 3 is 1.46 bits per heavy atom. The highest BCUT2D eigenvalue weighted by Crippen LogP contribution is 2.32. The van der Waals surface area contributed by atoms with Crippen molar-refractivity contribution in [1.29, 1.82) is 0 Å². The smallest absolute Gasteiger partial charge is 0.186 e. The van der Waals surface area contributed by atoms with Crippen molar-refractivity contribution in [2.75, 3.05) is 0 Å². The van der Waals surface area contributed by atoms with Gasteiger partial charge in [0.2, 0.25) is 0 Å². The minimum Gasteiger partial charge on any atom is -0.507 e. The number of allylic oxidation sites excluding steroid dienone is 2. The number of hydrogen-bond acceptors (Lipinski definition) is 4. The van der Waals surface area contributed by atoms with E-state index in [4.69, 9.17) is 0 Å². The lowest BCUT2D eigenvalue weighted by Crippen LogP contribution is -2.10. The van der Waals surface area contributed by atoms with Gasteiger partial charge < -0.3 is 10.2 Å². The van der Waals surface area contributed by atoms with Crippen LogP contribution in [0.4, 0.5) is 0 Å². The Labute approximate surface area is 161 Å². The molecule has 4 aromatic rings. The van der Waals surface area contributed by atoms with E-state index < -0.39 is 0 Å². The first-order chi connectivity index (χ1) is 13.5. The molecule has 0 bridgehead atoms. The zero-order valence-corrected chi connectivity index (χ0v) is 14.8. The number of carbonyl (C=O) groups is 2. The molecule has 0 fully saturated rings. The lowest BCUT2D eigenvalue weighted by atomic mass is 9.95. The van der Waals surface area contributed by atoms with Crippen molar-refractivity contribution in [1.82, 2.24) is 0 Å². The maximum absolute atomic E-state index is 11.2. The van der Waals surface area contributed by atoms with Gasteiger partial charge in [0.15, 0.2) is 11.6 Å². The zero-order valence-electron chi connectivity index (χ0n) is 14.8. The highest BCUT2D eigenvalue weighted by molar-refractivity contribution is 6.21. The Hall–Kier alpha value is -3.92. The molecule has 0 aliphatic heterocycles. The minimum absolute atomic E-state index is 0.0924. The highest BCUT2D eigenvalue weighted by Gasteiger charge is 2.17. The van der Waals surface area contributed by atoms with Crippen LogP contribution in [0.3, 0.4) is 0 Å². The number of aromatic hydroxyl groups is 2. The summed E-state index contributed by atoms with van der Waals surface area (Å²) >= 11 is 0. The molecule has 2 N–H and O–H groups in total. The van der Waals surface area contributed by atoms with Crippen LogP contribution >= 0.6 is 0 Å². The van der Waals surface area contributed by atoms with E-state index in [1.54, 1.807) is 36.4 Å². The number of fused-ring (bicyclic) bond motifs is 3. The van der Waals surface area contributed by atoms with E-state index in [0.29, 0.717) is 11.1 Å². The molecule has 0 saturated heterocycles. The molecule has 0 heterocycles. The summed E-state index contributed by atoms with van der Waals surface area (Å²) in [6.45, 7) is 0. The molecule has 0 radical (unpaired) electrons. The fourth-order valence-electron chi connectivity index (χ4n) is 3.26. The van der Waals surface area contributed by atoms with E-state index in [2.05, 4.69) is 0 Å². The molecule has 1 aliphatic carbocycles. The summed E-state index contributed by atoms with van der Waals surface area (Å²) < 4.78 is 0. The van der Waals surface area contributed by atoms with Crippen LogP contribution in [0.2, 0.25) is 0 Å². The van der Waals surface area contributed by atoms with Gasteiger partial charge in [0, 0.05) is 21.9 Å². The zero-order chi connectivity index (χ0) is 19.7. The van der Waals surface area contributed by atoms with Gasteiger partial charge in [0.1, 0.15) is 11.5 Å². The molecule has 28 heavy (non-hydrogen) atoms. The lowest BCUT2D eigenvalue weighted by Gasteiger charge is -2.06. The average Bonchev–Trinajstić information content (AvgIpc) is 2.71. The molecule has 0 atom stereocenters. The third-order valence-corrected chi connectivity index (χ3v) is 4.68. The van der Waals surface area contributed by atoms with E-state index in [0.717, 1.165) is 21.5 Å². The van der Waals surface area contributed by atoms with Gasteiger partial charge in [0.05, 0.1) is 0 Å². The van der Waals surface area contributed by atoms with Gasteiger partial charge in [0.25, 0.3) is 0 Å². The Bertz CT molecular complexity index is 1170. The van der Waals surface area contributed by atoms with Crippen molar-refractivity contribution >= 4 is 33.1 Å². The van der Waals surface area contributed by atoms with Gasteiger partial charge in [-0.3, -0.25) is 9.59 Å². The summed E-state index contributed by atoms with van der Waals surface area (Å²) in [6, 6.07) is 21.4. The van der Waals surface area contributed by atoms with E-state index in [1.807, 2.05) is 36.4 Å². The number of benzene rings is 4. The molecule has 1 aliphatic rings. The normalized spacial score (nSPS) is 12.6. The highest BCUT2D eigenvalue weighted by atomic mass is 16.3. The number of carbonyl (C=O) groups excluding carboxylic acids is 2. The third kappa shape index (κ3) is 3.12. The van der Waals surface area contributed by atoms with Crippen molar-refractivity contribution in [2.45, 2.75) is 0 Å². The molecule has 4 aromatic carbocycles. The van der Waals surface area contributed by atoms with Crippen molar-refractivity contribution in [3.05, 3.63) is 96.1 Å². The number of phenols is 2. The fourth-order valence-corrected chi connectivity index (χ4v) is 3.26. The predicted octanol–water partition coefficient (Wildman–Crippen LogP) is 5.03. The predicted molar refractivity (Wildman–Crippen MR) is 109 cm³/mol. The average molecular weight is 368 g/mol. The Morgan fingerprint density at radius 2 is 1.00 bits per heavy atom. The number of hydrogen-bond donors (Lipinski definition) is 2. The van der Waals surface area contributed by atoms with Gasteiger partial charge >= 0.3 is 0 Å². The molecule has 0 aromatic heterocycles. The molecule has 5 rings (SSSR count). The van der Waals surface area contributed by atoms with E-state index >= 15 is 0 Å². The number of phenolic OH excluding ortho intramolecular Hbond substituents is 2. The first kappa shape index (κ1) is 17.5. The second kappa shape index (κ2) is 7.00. The monoisotopic (exact) mass is 368 g/mol. The molecule has 4 heteroatoms. The maximum Gasteiger partial charge on any atom is 0.186 e. The van der Waals surface area contributed by atoms with Crippen molar-refractivity contribution in [3.8, 4) is 11.5 Å². The summed E-state index contributed by atoms with van der Waals surface area (Å²) in [6.07, 6.45) is 2.62. The Morgan fingerprint density at radius 1 is 0.536 bits per heavy atom. The lowest BCUT2D eigenvalue weighted by molar-refractivity contribution is 0.0994. The molecular weight excluding hydrogens is 352 g/mol. The van der Waals surface area contributed by atoms with Crippen molar-refractivity contribution in [2.24, 2.45) is 0 Å². The van der Waals surface area contributed by atoms with Gasteiger partial charge in [-0.1, -0.05) is 48.5 Å². The van der Waals surface area contributed by atoms with Crippen LogP contribution in [0.1, 0.15) is 20.7 Å². The summed E-state index contributed by atoms with van der Waals surface area (Å²) in [7, 11) is 0. The SMILES string of the molecule is O=C1C=CC(=O)c2ccccc21.Oc1cccc2cc3cccc(O)c3cc12. The van der Waals surface area contributed by atoms with Crippen LogP contribution in [0.25, 0.3) is 21.5 Å². The van der Waals surface area contributed by atoms with Crippen LogP contribution in [-0.2, 0) is 0 Å². The Balaban J connectivity index is 0.000000143. The van der Waals surface area contributed by atoms with Crippen LogP contribution in [0, 0.1) is 0 Å². The molecule has 4 nitrogen and oxygen atoms in total. The fraction of sp³-hybridized carbons (Fsp3) is 0. The summed E-state index contributed by atoms with van der Waals surface area (Å²) in [5, 5.41) is 22.9. The minimum atomic E-state index is -0.0924. The van der Waals surface area contributed by atoms with Gasteiger partial charge in [-0.2, -0.15) is 0 Å². The summed E-state index contributed by atoms with van der Waals surface area (Å²) in [4.78, 5) is 22.4. The van der Waals surface area contributed by atoms with Crippen molar-refractivity contribution in [3.63, 3.8) is 0 Å². The largest absolute Gasteiger partial charge is 0.507 e. The topological polar surface area (TPSA) is 74.6 Å². The first-order valence-corrected chi connectivity index (χ1v) is 8.74. The number of rotatable bonds is 0. The van der Waals surface area contributed by atoms with Gasteiger partial charge in [-0.15, -0.1) is 0 Å². The molecule has 0 spiro atoms. The standard InChI is InChI=1S/C14H10O2.C10H6O2/c15-13-5-1-3-9-7-10-4-2-6-14(16)12(10)8-11(9)13;11-9-5-6-10(12)8-4-2-1-3-7(8)9/h1-8,15-16H;1-6H. The third-order valence-electron chi connectivity index (χ3n) is 4.68. The number of ketones is 2. The Kier molecular flexibility index (Phi) is 4.38.